The number of rotatable bonds is 7. The molecule has 0 heterocycles. The summed E-state index contributed by atoms with van der Waals surface area (Å²) in [6.45, 7) is 8.25. The van der Waals surface area contributed by atoms with Crippen LogP contribution in [0.2, 0.25) is 0 Å². The fourth-order valence-electron chi connectivity index (χ4n) is 2.68. The van der Waals surface area contributed by atoms with Crippen LogP contribution < -0.4 is 10.1 Å². The van der Waals surface area contributed by atoms with Crippen LogP contribution >= 0.6 is 0 Å². The molecule has 0 fully saturated rings. The van der Waals surface area contributed by atoms with Crippen LogP contribution in [-0.4, -0.2) is 12.0 Å². The molecule has 24 heavy (non-hydrogen) atoms. The third-order valence-electron chi connectivity index (χ3n) is 3.71. The predicted molar refractivity (Wildman–Crippen MR) is 98.3 cm³/mol. The molecule has 0 aliphatic carbocycles. The molecule has 2 rings (SSSR count). The van der Waals surface area contributed by atoms with E-state index in [-0.39, 0.29) is 18.1 Å². The van der Waals surface area contributed by atoms with Crippen LogP contribution in [0.3, 0.4) is 0 Å². The highest BCUT2D eigenvalue weighted by Gasteiger charge is 2.19. The minimum absolute atomic E-state index is 0.00851. The third kappa shape index (κ3) is 5.12. The number of benzene rings is 2. The van der Waals surface area contributed by atoms with E-state index in [0.717, 1.165) is 12.0 Å². The monoisotopic (exact) mass is 325 g/mol. The first-order valence-electron chi connectivity index (χ1n) is 8.59. The molecule has 1 amide bonds. The molecule has 0 unspecified atom stereocenters. The SMILES string of the molecule is CC(C)C[C@H](NC(=O)c1ccccc1OC(C)C)c1ccccc1. The minimum Gasteiger partial charge on any atom is -0.490 e. The third-order valence-corrected chi connectivity index (χ3v) is 3.71. The highest BCUT2D eigenvalue weighted by atomic mass is 16.5. The molecule has 1 N–H and O–H groups in total. The van der Waals surface area contributed by atoms with E-state index in [1.165, 1.54) is 0 Å². The Kier molecular flexibility index (Phi) is 6.42. The summed E-state index contributed by atoms with van der Waals surface area (Å²) in [6, 6.07) is 17.5. The Hall–Kier alpha value is -2.29. The summed E-state index contributed by atoms with van der Waals surface area (Å²) in [6.07, 6.45) is 0.919. The second kappa shape index (κ2) is 8.53. The molecule has 0 radical (unpaired) electrons. The number of para-hydroxylation sites is 1. The van der Waals surface area contributed by atoms with Gasteiger partial charge >= 0.3 is 0 Å². The lowest BCUT2D eigenvalue weighted by Crippen LogP contribution is -2.30. The molecule has 0 bridgehead atoms. The molecular formula is C21H27NO2. The molecule has 0 aliphatic heterocycles. The van der Waals surface area contributed by atoms with Crippen molar-refractivity contribution in [1.29, 1.82) is 0 Å². The highest BCUT2D eigenvalue weighted by molar-refractivity contribution is 5.97. The van der Waals surface area contributed by atoms with Crippen molar-refractivity contribution < 1.29 is 9.53 Å². The molecule has 128 valence electrons. The largest absolute Gasteiger partial charge is 0.490 e. The average molecular weight is 325 g/mol. The van der Waals surface area contributed by atoms with Crippen molar-refractivity contribution in [2.45, 2.75) is 46.3 Å². The van der Waals surface area contributed by atoms with Crippen LogP contribution in [-0.2, 0) is 0 Å². The lowest BCUT2D eigenvalue weighted by molar-refractivity contribution is 0.0926. The average Bonchev–Trinajstić information content (AvgIpc) is 2.54. The van der Waals surface area contributed by atoms with Crippen molar-refractivity contribution in [2.24, 2.45) is 5.92 Å². The van der Waals surface area contributed by atoms with Gasteiger partial charge in [0, 0.05) is 0 Å². The summed E-state index contributed by atoms with van der Waals surface area (Å²) in [4.78, 5) is 12.8. The first-order valence-corrected chi connectivity index (χ1v) is 8.59. The number of hydrogen-bond acceptors (Lipinski definition) is 2. The van der Waals surface area contributed by atoms with Crippen LogP contribution in [0.15, 0.2) is 54.6 Å². The maximum atomic E-state index is 12.8. The lowest BCUT2D eigenvalue weighted by Gasteiger charge is -2.22. The van der Waals surface area contributed by atoms with Crippen LogP contribution in [0.25, 0.3) is 0 Å². The molecule has 2 aromatic carbocycles. The number of amides is 1. The second-order valence-corrected chi connectivity index (χ2v) is 6.73. The molecule has 0 saturated heterocycles. The number of nitrogens with one attached hydrogen (secondary N) is 1. The van der Waals surface area contributed by atoms with E-state index in [4.69, 9.17) is 4.74 Å². The Morgan fingerprint density at radius 1 is 0.958 bits per heavy atom. The van der Waals surface area contributed by atoms with Gasteiger partial charge in [0.15, 0.2) is 0 Å². The summed E-state index contributed by atoms with van der Waals surface area (Å²) >= 11 is 0. The van der Waals surface area contributed by atoms with Gasteiger partial charge in [0.05, 0.1) is 17.7 Å². The first-order chi connectivity index (χ1) is 11.5. The zero-order valence-corrected chi connectivity index (χ0v) is 15.0. The van der Waals surface area contributed by atoms with Crippen molar-refractivity contribution in [3.8, 4) is 5.75 Å². The maximum Gasteiger partial charge on any atom is 0.255 e. The van der Waals surface area contributed by atoms with Crippen LogP contribution in [0, 0.1) is 5.92 Å². The van der Waals surface area contributed by atoms with E-state index in [9.17, 15) is 4.79 Å². The van der Waals surface area contributed by atoms with E-state index < -0.39 is 0 Å². The van der Waals surface area contributed by atoms with Gasteiger partial charge < -0.3 is 10.1 Å². The Labute approximate surface area is 145 Å². The van der Waals surface area contributed by atoms with Crippen molar-refractivity contribution in [3.63, 3.8) is 0 Å². The highest BCUT2D eigenvalue weighted by Crippen LogP contribution is 2.24. The summed E-state index contributed by atoms with van der Waals surface area (Å²) < 4.78 is 5.77. The molecule has 0 spiro atoms. The van der Waals surface area contributed by atoms with Crippen molar-refractivity contribution in [2.75, 3.05) is 0 Å². The van der Waals surface area contributed by atoms with E-state index in [1.54, 1.807) is 0 Å². The summed E-state index contributed by atoms with van der Waals surface area (Å²) in [5.74, 6) is 1.01. The zero-order valence-electron chi connectivity index (χ0n) is 15.0. The number of carbonyl (C=O) groups is 1. The summed E-state index contributed by atoms with van der Waals surface area (Å²) in [5.41, 5.74) is 1.71. The van der Waals surface area contributed by atoms with Crippen molar-refractivity contribution in [1.82, 2.24) is 5.32 Å². The maximum absolute atomic E-state index is 12.8. The standard InChI is InChI=1S/C21H27NO2/c1-15(2)14-19(17-10-6-5-7-11-17)22-21(23)18-12-8-9-13-20(18)24-16(3)4/h5-13,15-16,19H,14H2,1-4H3,(H,22,23)/t19-/m0/s1. The molecule has 0 aliphatic rings. The predicted octanol–water partition coefficient (Wildman–Crippen LogP) is 4.99. The second-order valence-electron chi connectivity index (χ2n) is 6.73. The molecule has 2 aromatic rings. The van der Waals surface area contributed by atoms with Crippen LogP contribution in [0.5, 0.6) is 5.75 Å². The van der Waals surface area contributed by atoms with E-state index >= 15 is 0 Å². The number of ether oxygens (including phenoxy) is 1. The number of carbonyl (C=O) groups excluding carboxylic acids is 1. The van der Waals surface area contributed by atoms with Crippen LogP contribution in [0.4, 0.5) is 0 Å². The minimum atomic E-state index is -0.0965. The van der Waals surface area contributed by atoms with Gasteiger partial charge in [0.2, 0.25) is 0 Å². The van der Waals surface area contributed by atoms with Crippen molar-refractivity contribution >= 4 is 5.91 Å². The summed E-state index contributed by atoms with van der Waals surface area (Å²) in [7, 11) is 0. The zero-order chi connectivity index (χ0) is 17.5. The topological polar surface area (TPSA) is 38.3 Å². The quantitative estimate of drug-likeness (QED) is 0.778. The van der Waals surface area contributed by atoms with Gasteiger partial charge in [-0.15, -0.1) is 0 Å². The van der Waals surface area contributed by atoms with Gasteiger partial charge in [-0.2, -0.15) is 0 Å². The van der Waals surface area contributed by atoms with E-state index in [0.29, 0.717) is 17.2 Å². The van der Waals surface area contributed by atoms with Crippen molar-refractivity contribution in [3.05, 3.63) is 65.7 Å². The van der Waals surface area contributed by atoms with Gasteiger partial charge in [-0.05, 0) is 43.9 Å². The molecule has 3 nitrogen and oxygen atoms in total. The fraction of sp³-hybridized carbons (Fsp3) is 0.381. The lowest BCUT2D eigenvalue weighted by atomic mass is 9.96. The fourth-order valence-corrected chi connectivity index (χ4v) is 2.68. The Balaban J connectivity index is 2.22. The molecule has 3 heteroatoms. The molecule has 0 aromatic heterocycles. The summed E-state index contributed by atoms with van der Waals surface area (Å²) in [5, 5.41) is 3.18. The molecule has 1 atom stereocenters. The van der Waals surface area contributed by atoms with Gasteiger partial charge in [-0.25, -0.2) is 0 Å². The smallest absolute Gasteiger partial charge is 0.255 e. The van der Waals surface area contributed by atoms with Gasteiger partial charge in [-0.3, -0.25) is 4.79 Å². The van der Waals surface area contributed by atoms with Gasteiger partial charge in [0.25, 0.3) is 5.91 Å². The van der Waals surface area contributed by atoms with Crippen LogP contribution in [0.1, 0.15) is 56.1 Å². The van der Waals surface area contributed by atoms with Gasteiger partial charge in [0.1, 0.15) is 5.75 Å². The van der Waals surface area contributed by atoms with E-state index in [1.807, 2.05) is 56.3 Å². The Morgan fingerprint density at radius 2 is 1.58 bits per heavy atom. The molecular weight excluding hydrogens is 298 g/mol. The number of hydrogen-bond donors (Lipinski definition) is 1. The normalized spacial score (nSPS) is 12.2. The van der Waals surface area contributed by atoms with E-state index in [2.05, 4.69) is 31.3 Å². The molecule has 0 saturated carbocycles. The Bertz CT molecular complexity index is 650. The Morgan fingerprint density at radius 3 is 2.21 bits per heavy atom. The van der Waals surface area contributed by atoms with Gasteiger partial charge in [-0.1, -0.05) is 56.3 Å². The first kappa shape index (κ1) is 18.1.